The molecule has 0 aliphatic carbocycles. The maximum atomic E-state index is 10.4. The number of carbonyl (C=O) groups excluding carboxylic acids is 1. The zero-order valence-electron chi connectivity index (χ0n) is 6.03. The highest BCUT2D eigenvalue weighted by atomic mass is 79.9. The summed E-state index contributed by atoms with van der Waals surface area (Å²) in [5, 5.41) is 2.67. The zero-order chi connectivity index (χ0) is 8.15. The lowest BCUT2D eigenvalue weighted by Gasteiger charge is -2.11. The average molecular weight is 273 g/mol. The highest BCUT2D eigenvalue weighted by Gasteiger charge is 2.07. The molecule has 0 spiro atoms. The van der Waals surface area contributed by atoms with Gasteiger partial charge in [-0.15, -0.1) is 0 Å². The van der Waals surface area contributed by atoms with Crippen molar-refractivity contribution in [2.75, 3.05) is 0 Å². The van der Waals surface area contributed by atoms with Gasteiger partial charge in [0, 0.05) is 15.9 Å². The SMILES string of the molecule is CC(C)CC(Br)NC(=O)Br. The minimum absolute atomic E-state index is 0.0828. The minimum atomic E-state index is -0.171. The predicted octanol–water partition coefficient (Wildman–Crippen LogP) is 2.86. The zero-order valence-corrected chi connectivity index (χ0v) is 9.20. The third kappa shape index (κ3) is 6.55. The van der Waals surface area contributed by atoms with Crippen molar-refractivity contribution in [3.63, 3.8) is 0 Å². The van der Waals surface area contributed by atoms with Crippen molar-refractivity contribution in [2.45, 2.75) is 25.2 Å². The summed E-state index contributed by atoms with van der Waals surface area (Å²) in [6, 6.07) is 0. The van der Waals surface area contributed by atoms with Gasteiger partial charge in [0.1, 0.15) is 0 Å². The lowest BCUT2D eigenvalue weighted by molar-refractivity contribution is 0.260. The fraction of sp³-hybridized carbons (Fsp3) is 0.833. The Hall–Kier alpha value is 0.430. The summed E-state index contributed by atoms with van der Waals surface area (Å²) < 4.78 is 0. The molecular weight excluding hydrogens is 262 g/mol. The number of carbonyl (C=O) groups is 1. The van der Waals surface area contributed by atoms with Crippen LogP contribution in [0.1, 0.15) is 20.3 Å². The van der Waals surface area contributed by atoms with Crippen molar-refractivity contribution in [1.29, 1.82) is 0 Å². The molecule has 0 fully saturated rings. The standard InChI is InChI=1S/C6H11Br2NO/c1-4(2)3-5(7)9-6(8)10/h4-5H,3H2,1-2H3,(H,9,10). The molecule has 1 N–H and O–H groups in total. The molecule has 0 bridgehead atoms. The van der Waals surface area contributed by atoms with Crippen LogP contribution in [-0.2, 0) is 0 Å². The Morgan fingerprint density at radius 3 is 2.40 bits per heavy atom. The minimum Gasteiger partial charge on any atom is -0.334 e. The summed E-state index contributed by atoms with van der Waals surface area (Å²) in [5.41, 5.74) is 0. The molecule has 60 valence electrons. The molecular formula is C6H11Br2NO. The molecule has 0 saturated heterocycles. The predicted molar refractivity (Wildman–Crippen MR) is 49.6 cm³/mol. The van der Waals surface area contributed by atoms with Crippen LogP contribution in [0.4, 0.5) is 4.79 Å². The Balaban J connectivity index is 3.43. The monoisotopic (exact) mass is 271 g/mol. The molecule has 0 saturated carbocycles. The fourth-order valence-electron chi connectivity index (χ4n) is 0.596. The molecule has 2 nitrogen and oxygen atoms in total. The highest BCUT2D eigenvalue weighted by Crippen LogP contribution is 2.10. The van der Waals surface area contributed by atoms with Crippen LogP contribution < -0.4 is 5.32 Å². The number of hydrogen-bond donors (Lipinski definition) is 1. The number of nitrogens with one attached hydrogen (secondary N) is 1. The molecule has 0 aliphatic heterocycles. The van der Waals surface area contributed by atoms with Gasteiger partial charge in [-0.3, -0.25) is 4.79 Å². The first-order chi connectivity index (χ1) is 4.52. The lowest BCUT2D eigenvalue weighted by Crippen LogP contribution is -2.26. The second kappa shape index (κ2) is 5.13. The van der Waals surface area contributed by atoms with E-state index >= 15 is 0 Å². The first-order valence-electron chi connectivity index (χ1n) is 3.12. The normalized spacial score (nSPS) is 13.3. The van der Waals surface area contributed by atoms with E-state index in [4.69, 9.17) is 0 Å². The Labute approximate surface area is 78.0 Å². The van der Waals surface area contributed by atoms with Crippen LogP contribution >= 0.6 is 31.9 Å². The van der Waals surface area contributed by atoms with E-state index in [-0.39, 0.29) is 9.77 Å². The number of halogens is 2. The van der Waals surface area contributed by atoms with Crippen molar-refractivity contribution >= 4 is 36.7 Å². The summed E-state index contributed by atoms with van der Waals surface area (Å²) >= 11 is 6.10. The molecule has 1 atom stereocenters. The van der Waals surface area contributed by atoms with E-state index < -0.39 is 0 Å². The Morgan fingerprint density at radius 2 is 2.10 bits per heavy atom. The van der Waals surface area contributed by atoms with Crippen molar-refractivity contribution in [2.24, 2.45) is 5.92 Å². The highest BCUT2D eigenvalue weighted by molar-refractivity contribution is 9.18. The van der Waals surface area contributed by atoms with Gasteiger partial charge in [0.05, 0.1) is 4.95 Å². The van der Waals surface area contributed by atoms with Crippen LogP contribution in [0.15, 0.2) is 0 Å². The van der Waals surface area contributed by atoms with E-state index in [1.54, 1.807) is 0 Å². The van der Waals surface area contributed by atoms with Gasteiger partial charge < -0.3 is 5.32 Å². The van der Waals surface area contributed by atoms with E-state index in [0.29, 0.717) is 5.92 Å². The van der Waals surface area contributed by atoms with Gasteiger partial charge in [0.25, 0.3) is 4.82 Å². The summed E-state index contributed by atoms with van der Waals surface area (Å²) in [7, 11) is 0. The topological polar surface area (TPSA) is 29.1 Å². The molecule has 0 aromatic rings. The quantitative estimate of drug-likeness (QED) is 0.478. The average Bonchev–Trinajstić information content (AvgIpc) is 1.58. The van der Waals surface area contributed by atoms with E-state index in [1.165, 1.54) is 0 Å². The first kappa shape index (κ1) is 10.4. The maximum absolute atomic E-state index is 10.4. The van der Waals surface area contributed by atoms with Gasteiger partial charge in [-0.2, -0.15) is 0 Å². The van der Waals surface area contributed by atoms with Gasteiger partial charge in [-0.1, -0.05) is 29.8 Å². The molecule has 0 aliphatic rings. The van der Waals surface area contributed by atoms with Crippen LogP contribution in [0.3, 0.4) is 0 Å². The van der Waals surface area contributed by atoms with Crippen LogP contribution in [0, 0.1) is 5.92 Å². The van der Waals surface area contributed by atoms with E-state index in [1.807, 2.05) is 0 Å². The van der Waals surface area contributed by atoms with E-state index in [9.17, 15) is 4.79 Å². The third-order valence-electron chi connectivity index (χ3n) is 0.948. The van der Waals surface area contributed by atoms with Crippen molar-refractivity contribution in [3.8, 4) is 0 Å². The molecule has 10 heavy (non-hydrogen) atoms. The van der Waals surface area contributed by atoms with Crippen LogP contribution in [0.2, 0.25) is 0 Å². The molecule has 1 unspecified atom stereocenters. The smallest absolute Gasteiger partial charge is 0.288 e. The maximum Gasteiger partial charge on any atom is 0.288 e. The molecule has 0 heterocycles. The molecule has 1 amide bonds. The van der Waals surface area contributed by atoms with Crippen LogP contribution in [0.25, 0.3) is 0 Å². The summed E-state index contributed by atoms with van der Waals surface area (Å²) in [5.74, 6) is 0.587. The number of rotatable bonds is 3. The van der Waals surface area contributed by atoms with E-state index in [2.05, 4.69) is 51.0 Å². The van der Waals surface area contributed by atoms with Crippen molar-refractivity contribution < 1.29 is 4.79 Å². The third-order valence-corrected chi connectivity index (χ3v) is 1.78. The van der Waals surface area contributed by atoms with Crippen LogP contribution in [0.5, 0.6) is 0 Å². The van der Waals surface area contributed by atoms with Gasteiger partial charge in [0.2, 0.25) is 0 Å². The number of alkyl halides is 1. The molecule has 4 heteroatoms. The van der Waals surface area contributed by atoms with Gasteiger partial charge in [0.15, 0.2) is 0 Å². The first-order valence-corrected chi connectivity index (χ1v) is 4.83. The largest absolute Gasteiger partial charge is 0.334 e. The van der Waals surface area contributed by atoms with E-state index in [0.717, 1.165) is 6.42 Å². The Bertz CT molecular complexity index is 116. The summed E-state index contributed by atoms with van der Waals surface area (Å²) in [6.07, 6.45) is 0.942. The van der Waals surface area contributed by atoms with Crippen LogP contribution in [-0.4, -0.2) is 9.77 Å². The second-order valence-corrected chi connectivity index (χ2v) is 4.34. The van der Waals surface area contributed by atoms with Gasteiger partial charge in [-0.25, -0.2) is 0 Å². The molecule has 0 aromatic carbocycles. The number of amides is 1. The molecule has 0 rings (SSSR count). The van der Waals surface area contributed by atoms with Gasteiger partial charge in [-0.05, 0) is 12.3 Å². The van der Waals surface area contributed by atoms with Gasteiger partial charge >= 0.3 is 0 Å². The second-order valence-electron chi connectivity index (χ2n) is 2.52. The fourth-order valence-corrected chi connectivity index (χ4v) is 2.14. The molecule has 0 aromatic heterocycles. The summed E-state index contributed by atoms with van der Waals surface area (Å²) in [4.78, 5) is 10.3. The lowest BCUT2D eigenvalue weighted by atomic mass is 10.1. The Morgan fingerprint density at radius 1 is 1.60 bits per heavy atom. The number of hydrogen-bond acceptors (Lipinski definition) is 1. The molecule has 0 radical (unpaired) electrons. The van der Waals surface area contributed by atoms with Crippen molar-refractivity contribution in [1.82, 2.24) is 5.32 Å². The summed E-state index contributed by atoms with van der Waals surface area (Å²) in [6.45, 7) is 4.21. The van der Waals surface area contributed by atoms with Crippen molar-refractivity contribution in [3.05, 3.63) is 0 Å². The Kier molecular flexibility index (Phi) is 5.35.